The first kappa shape index (κ1) is 18.4. The van der Waals surface area contributed by atoms with Crippen molar-refractivity contribution in [2.45, 2.75) is 37.5 Å². The molecule has 0 unspecified atom stereocenters. The SMILES string of the molecule is C[C@]1(c2cccc(N3C(=O)[C@H]4CCCC[C@@H]4C3=O)c2)NN=C(c2ccccc2)S1. The number of benzene rings is 2. The van der Waals surface area contributed by atoms with Crippen LogP contribution in [0.3, 0.4) is 0 Å². The molecule has 5 nitrogen and oxygen atoms in total. The molecule has 2 heterocycles. The number of hydrazone groups is 1. The lowest BCUT2D eigenvalue weighted by molar-refractivity contribution is -0.122. The van der Waals surface area contributed by atoms with Gasteiger partial charge in [0.15, 0.2) is 0 Å². The lowest BCUT2D eigenvalue weighted by Crippen LogP contribution is -2.32. The van der Waals surface area contributed by atoms with Crippen molar-refractivity contribution < 1.29 is 9.59 Å². The first-order valence-electron chi connectivity index (χ1n) is 10.1. The van der Waals surface area contributed by atoms with Crippen LogP contribution < -0.4 is 10.3 Å². The van der Waals surface area contributed by atoms with E-state index in [4.69, 9.17) is 0 Å². The minimum atomic E-state index is -0.459. The Labute approximate surface area is 174 Å². The van der Waals surface area contributed by atoms with E-state index in [-0.39, 0.29) is 23.7 Å². The number of hydrogen-bond donors (Lipinski definition) is 1. The number of thioether (sulfide) groups is 1. The summed E-state index contributed by atoms with van der Waals surface area (Å²) in [5.74, 6) is -0.337. The van der Waals surface area contributed by atoms with E-state index in [0.717, 1.165) is 41.9 Å². The number of hydrogen-bond acceptors (Lipinski definition) is 5. The van der Waals surface area contributed by atoms with Crippen molar-refractivity contribution in [3.63, 3.8) is 0 Å². The topological polar surface area (TPSA) is 61.8 Å². The van der Waals surface area contributed by atoms with E-state index in [1.807, 2.05) is 54.6 Å². The zero-order chi connectivity index (χ0) is 20.0. The summed E-state index contributed by atoms with van der Waals surface area (Å²) in [7, 11) is 0. The van der Waals surface area contributed by atoms with Gasteiger partial charge in [0.25, 0.3) is 0 Å². The third-order valence-electron chi connectivity index (χ3n) is 6.19. The molecule has 0 aromatic heterocycles. The normalized spacial score (nSPS) is 28.9. The van der Waals surface area contributed by atoms with Crippen LogP contribution in [0.1, 0.15) is 43.7 Å². The second-order valence-corrected chi connectivity index (χ2v) is 9.50. The smallest absolute Gasteiger partial charge is 0.237 e. The van der Waals surface area contributed by atoms with Gasteiger partial charge in [-0.15, -0.1) is 0 Å². The summed E-state index contributed by atoms with van der Waals surface area (Å²) in [6, 6.07) is 17.8. The maximum absolute atomic E-state index is 13.0. The number of carbonyl (C=O) groups is 2. The van der Waals surface area contributed by atoms with Crippen molar-refractivity contribution in [1.82, 2.24) is 5.43 Å². The van der Waals surface area contributed by atoms with E-state index in [9.17, 15) is 9.59 Å². The molecule has 0 spiro atoms. The summed E-state index contributed by atoms with van der Waals surface area (Å²) >= 11 is 1.64. The van der Waals surface area contributed by atoms with Crippen molar-refractivity contribution in [3.8, 4) is 0 Å². The number of anilines is 1. The van der Waals surface area contributed by atoms with E-state index >= 15 is 0 Å². The Morgan fingerprint density at radius 3 is 2.38 bits per heavy atom. The van der Waals surface area contributed by atoms with Gasteiger partial charge in [-0.05, 0) is 37.5 Å². The van der Waals surface area contributed by atoms with Crippen molar-refractivity contribution in [2.75, 3.05) is 4.90 Å². The molecule has 148 valence electrons. The number of nitrogens with one attached hydrogen (secondary N) is 1. The van der Waals surface area contributed by atoms with Gasteiger partial charge >= 0.3 is 0 Å². The molecule has 2 amide bonds. The summed E-state index contributed by atoms with van der Waals surface area (Å²) < 4.78 is 0. The number of imide groups is 1. The van der Waals surface area contributed by atoms with Gasteiger partial charge in [-0.3, -0.25) is 19.9 Å². The average molecular weight is 406 g/mol. The van der Waals surface area contributed by atoms with E-state index in [1.165, 1.54) is 4.90 Å². The van der Waals surface area contributed by atoms with Gasteiger partial charge in [-0.1, -0.05) is 67.1 Å². The quantitative estimate of drug-likeness (QED) is 0.776. The number of amides is 2. The highest BCUT2D eigenvalue weighted by Crippen LogP contribution is 2.43. The molecular formula is C23H23N3O2S. The third kappa shape index (κ3) is 3.06. The largest absolute Gasteiger partial charge is 0.288 e. The van der Waals surface area contributed by atoms with Crippen molar-refractivity contribution in [2.24, 2.45) is 16.9 Å². The van der Waals surface area contributed by atoms with Crippen molar-refractivity contribution in [1.29, 1.82) is 0 Å². The van der Waals surface area contributed by atoms with E-state index in [0.29, 0.717) is 5.69 Å². The average Bonchev–Trinajstić information content (AvgIpc) is 3.28. The van der Waals surface area contributed by atoms with Crippen molar-refractivity contribution in [3.05, 3.63) is 65.7 Å². The van der Waals surface area contributed by atoms with Crippen LogP contribution in [-0.4, -0.2) is 16.9 Å². The van der Waals surface area contributed by atoms with Crippen LogP contribution in [0, 0.1) is 11.8 Å². The standard InChI is InChI=1S/C23H23N3O2S/c1-23(25-24-20(29-23)15-8-3-2-4-9-15)16-10-7-11-17(14-16)26-21(27)18-12-5-6-13-19(18)22(26)28/h2-4,7-11,14,18-19,25H,5-6,12-13H2,1H3/t18-,19-,23-/m0/s1. The molecule has 0 radical (unpaired) electrons. The maximum atomic E-state index is 13.0. The molecule has 2 aromatic rings. The van der Waals surface area contributed by atoms with Gasteiger partial charge in [-0.25, -0.2) is 0 Å². The lowest BCUT2D eigenvalue weighted by atomic mass is 9.81. The van der Waals surface area contributed by atoms with E-state index in [2.05, 4.69) is 17.5 Å². The number of fused-ring (bicyclic) bond motifs is 1. The molecule has 2 fully saturated rings. The highest BCUT2D eigenvalue weighted by molar-refractivity contribution is 8.15. The molecule has 1 saturated carbocycles. The van der Waals surface area contributed by atoms with Gasteiger partial charge in [-0.2, -0.15) is 5.10 Å². The zero-order valence-corrected chi connectivity index (χ0v) is 17.1. The molecule has 29 heavy (non-hydrogen) atoms. The summed E-state index contributed by atoms with van der Waals surface area (Å²) in [4.78, 5) is 26.9. The van der Waals surface area contributed by atoms with Gasteiger partial charge in [0.1, 0.15) is 9.91 Å². The predicted octanol–water partition coefficient (Wildman–Crippen LogP) is 4.24. The van der Waals surface area contributed by atoms with Crippen LogP contribution in [-0.2, 0) is 14.5 Å². The fourth-order valence-electron chi connectivity index (χ4n) is 4.58. The predicted molar refractivity (Wildman–Crippen MR) is 115 cm³/mol. The van der Waals surface area contributed by atoms with Gasteiger partial charge in [0.2, 0.25) is 11.8 Å². The Hall–Kier alpha value is -2.60. The van der Waals surface area contributed by atoms with E-state index in [1.54, 1.807) is 11.8 Å². The molecule has 2 aromatic carbocycles. The summed E-state index contributed by atoms with van der Waals surface area (Å²) in [6.07, 6.45) is 3.72. The fourth-order valence-corrected chi connectivity index (χ4v) is 5.65. The zero-order valence-electron chi connectivity index (χ0n) is 16.3. The summed E-state index contributed by atoms with van der Waals surface area (Å²) in [5, 5.41) is 5.46. The number of rotatable bonds is 3. The fraction of sp³-hybridized carbons (Fsp3) is 0.348. The van der Waals surface area contributed by atoms with Crippen LogP contribution in [0.25, 0.3) is 0 Å². The molecule has 6 heteroatoms. The van der Waals surface area contributed by atoms with Crippen LogP contribution in [0.5, 0.6) is 0 Å². The Morgan fingerprint density at radius 2 is 1.69 bits per heavy atom. The third-order valence-corrected chi connectivity index (χ3v) is 7.44. The highest BCUT2D eigenvalue weighted by Gasteiger charge is 2.49. The molecule has 1 N–H and O–H groups in total. The molecule has 3 aliphatic rings. The lowest BCUT2D eigenvalue weighted by Gasteiger charge is -2.25. The first-order chi connectivity index (χ1) is 14.1. The maximum Gasteiger partial charge on any atom is 0.237 e. The molecule has 1 aliphatic carbocycles. The summed E-state index contributed by atoms with van der Waals surface area (Å²) in [5.41, 5.74) is 5.98. The van der Waals surface area contributed by atoms with Crippen LogP contribution in [0.2, 0.25) is 0 Å². The molecular weight excluding hydrogens is 382 g/mol. The van der Waals surface area contributed by atoms with Crippen molar-refractivity contribution >= 4 is 34.3 Å². The number of carbonyl (C=O) groups excluding carboxylic acids is 2. The Morgan fingerprint density at radius 1 is 1.00 bits per heavy atom. The number of nitrogens with zero attached hydrogens (tertiary/aromatic N) is 2. The Bertz CT molecular complexity index is 982. The minimum absolute atomic E-state index is 0.0322. The van der Waals surface area contributed by atoms with Gasteiger partial charge < -0.3 is 0 Å². The Balaban J connectivity index is 1.42. The minimum Gasteiger partial charge on any atom is -0.288 e. The molecule has 5 rings (SSSR count). The van der Waals surface area contributed by atoms with Gasteiger partial charge in [0, 0.05) is 5.56 Å². The molecule has 1 saturated heterocycles. The second kappa shape index (κ2) is 7.02. The highest BCUT2D eigenvalue weighted by atomic mass is 32.2. The van der Waals surface area contributed by atoms with Crippen LogP contribution in [0.4, 0.5) is 5.69 Å². The van der Waals surface area contributed by atoms with Crippen LogP contribution in [0.15, 0.2) is 59.7 Å². The van der Waals surface area contributed by atoms with Crippen LogP contribution >= 0.6 is 11.8 Å². The summed E-state index contributed by atoms with van der Waals surface area (Å²) in [6.45, 7) is 2.07. The first-order valence-corrected chi connectivity index (χ1v) is 11.0. The molecule has 2 aliphatic heterocycles. The van der Waals surface area contributed by atoms with Gasteiger partial charge in [0.05, 0.1) is 17.5 Å². The van der Waals surface area contributed by atoms with E-state index < -0.39 is 4.87 Å². The Kier molecular flexibility index (Phi) is 4.46. The second-order valence-electron chi connectivity index (χ2n) is 8.09. The molecule has 0 bridgehead atoms. The molecule has 3 atom stereocenters. The monoisotopic (exact) mass is 405 g/mol.